The molecule has 0 aliphatic heterocycles. The van der Waals surface area contributed by atoms with E-state index in [0.717, 1.165) is 6.42 Å². The van der Waals surface area contributed by atoms with E-state index in [9.17, 15) is 4.79 Å². The van der Waals surface area contributed by atoms with Gasteiger partial charge in [-0.15, -0.1) is 0 Å². The first-order valence-electron chi connectivity index (χ1n) is 3.62. The van der Waals surface area contributed by atoms with Crippen LogP contribution in [0.2, 0.25) is 0 Å². The van der Waals surface area contributed by atoms with E-state index in [1.807, 2.05) is 12.1 Å². The lowest BCUT2D eigenvalue weighted by Crippen LogP contribution is -1.96. The Hall–Kier alpha value is -1.05. The van der Waals surface area contributed by atoms with Crippen molar-refractivity contribution in [3.8, 4) is 0 Å². The van der Waals surface area contributed by atoms with Gasteiger partial charge in [0.15, 0.2) is 7.85 Å². The van der Waals surface area contributed by atoms with Crippen molar-refractivity contribution >= 4 is 13.5 Å². The van der Waals surface area contributed by atoms with Gasteiger partial charge in [-0.1, -0.05) is 31.2 Å². The minimum absolute atomic E-state index is 0.368. The summed E-state index contributed by atoms with van der Waals surface area (Å²) in [7, 11) is 5.07. The maximum absolute atomic E-state index is 10.6. The quantitative estimate of drug-likeness (QED) is 0.575. The summed E-state index contributed by atoms with van der Waals surface area (Å²) >= 11 is 0. The highest BCUT2D eigenvalue weighted by Crippen LogP contribution is 2.04. The molecule has 1 nitrogen and oxygen atoms in total. The van der Waals surface area contributed by atoms with Crippen LogP contribution in [-0.4, -0.2) is 13.5 Å². The average molecular weight is 144 g/mol. The number of carbonyl (C=O) groups is 1. The number of hydrogen-bond donors (Lipinski definition) is 0. The summed E-state index contributed by atoms with van der Waals surface area (Å²) in [5.74, 6) is 0. The second-order valence-corrected chi connectivity index (χ2v) is 2.41. The monoisotopic (exact) mass is 144 g/mol. The van der Waals surface area contributed by atoms with Crippen LogP contribution < -0.4 is 0 Å². The third-order valence-electron chi connectivity index (χ3n) is 1.65. The van der Waals surface area contributed by atoms with Crippen molar-refractivity contribution in [1.82, 2.24) is 0 Å². The minimum Gasteiger partial charge on any atom is -0.307 e. The molecule has 0 N–H and O–H groups in total. The van der Waals surface area contributed by atoms with Crippen LogP contribution in [0.5, 0.6) is 0 Å². The van der Waals surface area contributed by atoms with Crippen LogP contribution in [0.3, 0.4) is 0 Å². The molecule has 2 heteroatoms. The lowest BCUT2D eigenvalue weighted by atomic mass is 9.94. The molecule has 0 amide bonds. The summed E-state index contributed by atoms with van der Waals surface area (Å²) in [6.45, 7) is 2.07. The van der Waals surface area contributed by atoms with Gasteiger partial charge in [-0.2, -0.15) is 0 Å². The predicted octanol–water partition coefficient (Wildman–Crippen LogP) is 1.56. The zero-order chi connectivity index (χ0) is 8.27. The molecule has 1 rings (SSSR count). The van der Waals surface area contributed by atoms with Gasteiger partial charge in [-0.25, -0.2) is 0 Å². The topological polar surface area (TPSA) is 17.1 Å². The molecule has 2 radical (unpaired) electrons. The van der Waals surface area contributed by atoms with E-state index in [1.54, 1.807) is 12.1 Å². The fourth-order valence-electron chi connectivity index (χ4n) is 0.905. The molecule has 1 aromatic rings. The van der Waals surface area contributed by atoms with Crippen molar-refractivity contribution in [1.29, 1.82) is 0 Å². The molecular weight excluding hydrogens is 135 g/mol. The molecule has 0 aliphatic rings. The third kappa shape index (κ3) is 1.94. The van der Waals surface area contributed by atoms with E-state index >= 15 is 0 Å². The summed E-state index contributed by atoms with van der Waals surface area (Å²) < 4.78 is 0. The number of carbonyl (C=O) groups excluding carboxylic acids is 1. The van der Waals surface area contributed by atoms with Crippen molar-refractivity contribution in [2.75, 3.05) is 0 Å². The van der Waals surface area contributed by atoms with Gasteiger partial charge < -0.3 is 4.79 Å². The smallest absolute Gasteiger partial charge is 0.175 e. The van der Waals surface area contributed by atoms with Crippen LogP contribution >= 0.6 is 0 Å². The molecule has 0 aliphatic carbocycles. The Bertz CT molecular complexity index is 251. The van der Waals surface area contributed by atoms with E-state index in [2.05, 4.69) is 6.92 Å². The van der Waals surface area contributed by atoms with Crippen molar-refractivity contribution in [2.24, 2.45) is 0 Å². The second kappa shape index (κ2) is 3.38. The molecule has 0 spiro atoms. The highest BCUT2D eigenvalue weighted by atomic mass is 16.1. The second-order valence-electron chi connectivity index (χ2n) is 2.41. The summed E-state index contributed by atoms with van der Waals surface area (Å²) in [4.78, 5) is 10.6. The third-order valence-corrected chi connectivity index (χ3v) is 1.65. The first-order chi connectivity index (χ1) is 5.24. The molecule has 0 aromatic heterocycles. The molecule has 0 saturated heterocycles. The van der Waals surface area contributed by atoms with Crippen molar-refractivity contribution in [2.45, 2.75) is 13.3 Å². The van der Waals surface area contributed by atoms with Gasteiger partial charge in [0.2, 0.25) is 0 Å². The molecule has 0 atom stereocenters. The first kappa shape index (κ1) is 8.06. The van der Waals surface area contributed by atoms with Gasteiger partial charge in [0.1, 0.15) is 5.68 Å². The minimum atomic E-state index is -0.368. The van der Waals surface area contributed by atoms with Crippen molar-refractivity contribution in [3.05, 3.63) is 35.4 Å². The van der Waals surface area contributed by atoms with Gasteiger partial charge in [0.05, 0.1) is 0 Å². The van der Waals surface area contributed by atoms with Crippen LogP contribution in [0.15, 0.2) is 24.3 Å². The Morgan fingerprint density at radius 3 is 2.27 bits per heavy atom. The maximum Gasteiger partial charge on any atom is 0.175 e. The van der Waals surface area contributed by atoms with E-state index in [4.69, 9.17) is 7.85 Å². The van der Waals surface area contributed by atoms with Gasteiger partial charge in [-0.3, -0.25) is 0 Å². The van der Waals surface area contributed by atoms with Gasteiger partial charge in [0.25, 0.3) is 0 Å². The molecule has 0 fully saturated rings. The number of hydrogen-bond acceptors (Lipinski definition) is 1. The molecule has 1 aromatic carbocycles. The summed E-state index contributed by atoms with van der Waals surface area (Å²) in [6, 6.07) is 7.34. The van der Waals surface area contributed by atoms with Crippen LogP contribution in [0.1, 0.15) is 22.8 Å². The molecule has 0 unspecified atom stereocenters. The van der Waals surface area contributed by atoms with E-state index in [-0.39, 0.29) is 5.68 Å². The Balaban J connectivity index is 2.91. The van der Waals surface area contributed by atoms with Crippen molar-refractivity contribution in [3.63, 3.8) is 0 Å². The molecule has 11 heavy (non-hydrogen) atoms. The fraction of sp³-hybridized carbons (Fsp3) is 0.222. The fourth-order valence-corrected chi connectivity index (χ4v) is 0.905. The molecular formula is C9H9BO. The van der Waals surface area contributed by atoms with Crippen LogP contribution in [-0.2, 0) is 6.42 Å². The number of aryl methyl sites for hydroxylation is 1. The SMILES string of the molecule is [B]C(=O)c1ccc(CC)cc1. The first-order valence-corrected chi connectivity index (χ1v) is 3.62. The lowest BCUT2D eigenvalue weighted by molar-refractivity contribution is 0.108. The lowest BCUT2D eigenvalue weighted by Gasteiger charge is -1.97. The summed E-state index contributed by atoms with van der Waals surface area (Å²) in [5.41, 5.74) is 1.42. The Kier molecular flexibility index (Phi) is 2.47. The zero-order valence-corrected chi connectivity index (χ0v) is 6.50. The van der Waals surface area contributed by atoms with Crippen LogP contribution in [0.25, 0.3) is 0 Å². The number of rotatable bonds is 2. The van der Waals surface area contributed by atoms with E-state index in [1.165, 1.54) is 5.56 Å². The summed E-state index contributed by atoms with van der Waals surface area (Å²) in [6.07, 6.45) is 0.985. The van der Waals surface area contributed by atoms with Crippen LogP contribution in [0.4, 0.5) is 0 Å². The predicted molar refractivity (Wildman–Crippen MR) is 45.9 cm³/mol. The normalized spacial score (nSPS) is 9.55. The largest absolute Gasteiger partial charge is 0.307 e. The van der Waals surface area contributed by atoms with E-state index in [0.29, 0.717) is 5.56 Å². The highest BCUT2D eigenvalue weighted by Gasteiger charge is 1.96. The maximum atomic E-state index is 10.6. The average Bonchev–Trinajstić information content (AvgIpc) is 2.05. The summed E-state index contributed by atoms with van der Waals surface area (Å²) in [5, 5.41) is 0. The van der Waals surface area contributed by atoms with E-state index < -0.39 is 0 Å². The Labute approximate surface area is 67.8 Å². The molecule has 0 bridgehead atoms. The number of benzene rings is 1. The van der Waals surface area contributed by atoms with Gasteiger partial charge in [0, 0.05) is 5.56 Å². The molecule has 0 saturated carbocycles. The Morgan fingerprint density at radius 2 is 1.91 bits per heavy atom. The van der Waals surface area contributed by atoms with Crippen LogP contribution in [0, 0.1) is 0 Å². The standard InChI is InChI=1S/C9H9BO/c1-2-7-3-5-8(6-4-7)9(10)11/h3-6H,2H2,1H3. The van der Waals surface area contributed by atoms with Gasteiger partial charge >= 0.3 is 0 Å². The highest BCUT2D eigenvalue weighted by molar-refractivity contribution is 6.62. The Morgan fingerprint density at radius 1 is 1.36 bits per heavy atom. The zero-order valence-electron chi connectivity index (χ0n) is 6.50. The van der Waals surface area contributed by atoms with Gasteiger partial charge in [-0.05, 0) is 12.0 Å². The molecule has 0 heterocycles. The van der Waals surface area contributed by atoms with Crippen molar-refractivity contribution < 1.29 is 4.79 Å². The molecule has 54 valence electrons.